The van der Waals surface area contributed by atoms with Crippen LogP contribution in [0.3, 0.4) is 0 Å². The number of nitrogen functional groups attached to an aromatic ring is 1. The molecular weight excluding hydrogens is 490 g/mol. The summed E-state index contributed by atoms with van der Waals surface area (Å²) >= 11 is 0. The van der Waals surface area contributed by atoms with Crippen LogP contribution in [0.5, 0.6) is 0 Å². The number of anilines is 2. The fourth-order valence-electron chi connectivity index (χ4n) is 4.63. The quantitative estimate of drug-likeness (QED) is 0.320. The van der Waals surface area contributed by atoms with Gasteiger partial charge in [0.25, 0.3) is 11.8 Å². The number of aryl methyl sites for hydroxylation is 1. The van der Waals surface area contributed by atoms with Crippen molar-refractivity contribution in [2.75, 3.05) is 11.1 Å². The Labute approximate surface area is 217 Å². The van der Waals surface area contributed by atoms with Crippen molar-refractivity contribution in [2.24, 2.45) is 7.05 Å². The van der Waals surface area contributed by atoms with E-state index in [1.165, 1.54) is 18.5 Å². The van der Waals surface area contributed by atoms with E-state index in [2.05, 4.69) is 27.2 Å². The second kappa shape index (κ2) is 9.70. The summed E-state index contributed by atoms with van der Waals surface area (Å²) in [4.78, 5) is 33.1. The molecule has 0 radical (unpaired) electrons. The molecule has 194 valence electrons. The lowest BCUT2D eigenvalue weighted by Gasteiger charge is -2.30. The summed E-state index contributed by atoms with van der Waals surface area (Å²) in [7, 11) is 1.82. The molecule has 4 aromatic rings. The van der Waals surface area contributed by atoms with Gasteiger partial charge in [0, 0.05) is 29.9 Å². The van der Waals surface area contributed by atoms with Gasteiger partial charge in [-0.15, -0.1) is 0 Å². The molecule has 2 amide bonds. The molecule has 0 atom stereocenters. The van der Waals surface area contributed by atoms with Crippen LogP contribution in [0, 0.1) is 5.82 Å². The zero-order valence-corrected chi connectivity index (χ0v) is 20.9. The van der Waals surface area contributed by atoms with E-state index in [0.29, 0.717) is 39.1 Å². The molecule has 1 saturated carbocycles. The number of benzene rings is 2. The fourth-order valence-corrected chi connectivity index (χ4v) is 4.63. The van der Waals surface area contributed by atoms with Crippen molar-refractivity contribution in [2.45, 2.75) is 32.0 Å². The summed E-state index contributed by atoms with van der Waals surface area (Å²) in [6.07, 6.45) is 0.902. The summed E-state index contributed by atoms with van der Waals surface area (Å²) in [5.41, 5.74) is 10.2. The van der Waals surface area contributed by atoms with E-state index >= 15 is 4.39 Å². The van der Waals surface area contributed by atoms with Gasteiger partial charge in [-0.1, -0.05) is 24.8 Å². The maximum Gasteiger partial charge on any atom is 0.254 e. The zero-order chi connectivity index (χ0) is 27.1. The standard InChI is InChI=1S/C28H26F2N6O2/c1-14(2)27(37)34-18-7-4-15(5-8-18)24-22(23-25(31)32-13-33-26(23)36(24)3)16-6-9-20(21(30)10-16)28(38)35-19-11-17(29)12-19/h4-10,13,17,19H,1,11-12H2,2-3H3,(H,34,37)(H,35,38)(H2,31,32,33). The highest BCUT2D eigenvalue weighted by Crippen LogP contribution is 2.42. The van der Waals surface area contributed by atoms with Crippen molar-refractivity contribution in [1.29, 1.82) is 0 Å². The summed E-state index contributed by atoms with van der Waals surface area (Å²) in [6.45, 7) is 5.27. The molecular formula is C28H26F2N6O2. The van der Waals surface area contributed by atoms with Gasteiger partial charge in [0.1, 0.15) is 29.8 Å². The minimum atomic E-state index is -0.929. The maximum atomic E-state index is 15.3. The first-order valence-corrected chi connectivity index (χ1v) is 12.0. The Kier molecular flexibility index (Phi) is 6.40. The van der Waals surface area contributed by atoms with Crippen molar-refractivity contribution in [3.05, 3.63) is 72.3 Å². The van der Waals surface area contributed by atoms with E-state index in [0.717, 1.165) is 5.56 Å². The van der Waals surface area contributed by atoms with Gasteiger partial charge in [0.05, 0.1) is 16.6 Å². The number of alkyl halides is 1. The third kappa shape index (κ3) is 4.49. The predicted octanol–water partition coefficient (Wildman–Crippen LogP) is 4.77. The van der Waals surface area contributed by atoms with E-state index in [-0.39, 0.29) is 36.2 Å². The number of hydrogen-bond donors (Lipinski definition) is 3. The molecule has 0 saturated heterocycles. The van der Waals surface area contributed by atoms with E-state index in [9.17, 15) is 14.0 Å². The molecule has 2 aromatic heterocycles. The van der Waals surface area contributed by atoms with Gasteiger partial charge in [0.15, 0.2) is 0 Å². The number of amides is 2. The molecule has 1 aliphatic rings. The molecule has 2 aromatic carbocycles. The molecule has 0 aliphatic heterocycles. The highest BCUT2D eigenvalue weighted by molar-refractivity contribution is 6.08. The first-order valence-electron chi connectivity index (χ1n) is 12.0. The van der Waals surface area contributed by atoms with Crippen molar-refractivity contribution in [1.82, 2.24) is 19.9 Å². The van der Waals surface area contributed by atoms with Crippen LogP contribution < -0.4 is 16.4 Å². The van der Waals surface area contributed by atoms with Crippen LogP contribution in [-0.2, 0) is 11.8 Å². The van der Waals surface area contributed by atoms with Crippen LogP contribution in [0.4, 0.5) is 20.3 Å². The molecule has 4 N–H and O–H groups in total. The number of aromatic nitrogens is 3. The van der Waals surface area contributed by atoms with E-state index in [1.807, 2.05) is 23.7 Å². The van der Waals surface area contributed by atoms with Crippen LogP contribution in [0.1, 0.15) is 30.1 Å². The van der Waals surface area contributed by atoms with Crippen molar-refractivity contribution in [3.8, 4) is 22.4 Å². The third-order valence-electron chi connectivity index (χ3n) is 6.72. The Morgan fingerprint density at radius 2 is 1.79 bits per heavy atom. The second-order valence-electron chi connectivity index (χ2n) is 9.49. The van der Waals surface area contributed by atoms with Crippen LogP contribution in [0.2, 0.25) is 0 Å². The summed E-state index contributed by atoms with van der Waals surface area (Å²) in [5, 5.41) is 5.99. The molecule has 8 nitrogen and oxygen atoms in total. The molecule has 2 heterocycles. The van der Waals surface area contributed by atoms with Gasteiger partial charge in [-0.05, 0) is 55.2 Å². The first kappa shape index (κ1) is 25.1. The average molecular weight is 517 g/mol. The number of carbonyl (C=O) groups is 2. The number of fused-ring (bicyclic) bond motifs is 1. The lowest BCUT2D eigenvalue weighted by molar-refractivity contribution is -0.112. The lowest BCUT2D eigenvalue weighted by atomic mass is 9.90. The Hall–Kier alpha value is -4.60. The molecule has 0 spiro atoms. The van der Waals surface area contributed by atoms with Crippen LogP contribution in [0.15, 0.2) is 60.9 Å². The molecule has 38 heavy (non-hydrogen) atoms. The van der Waals surface area contributed by atoms with Gasteiger partial charge in [0.2, 0.25) is 0 Å². The van der Waals surface area contributed by atoms with Crippen molar-refractivity contribution in [3.63, 3.8) is 0 Å². The van der Waals surface area contributed by atoms with Gasteiger partial charge in [-0.25, -0.2) is 18.7 Å². The number of carbonyl (C=O) groups excluding carboxylic acids is 2. The number of halogens is 2. The maximum absolute atomic E-state index is 15.3. The Balaban J connectivity index is 1.57. The Morgan fingerprint density at radius 3 is 2.42 bits per heavy atom. The smallest absolute Gasteiger partial charge is 0.254 e. The van der Waals surface area contributed by atoms with Crippen LogP contribution in [-0.4, -0.2) is 38.6 Å². The van der Waals surface area contributed by atoms with Gasteiger partial charge >= 0.3 is 0 Å². The van der Waals surface area contributed by atoms with Crippen molar-refractivity contribution >= 4 is 34.4 Å². The molecule has 5 rings (SSSR count). The van der Waals surface area contributed by atoms with Gasteiger partial charge in [-0.3, -0.25) is 9.59 Å². The minimum absolute atomic E-state index is 0.125. The van der Waals surface area contributed by atoms with E-state index in [4.69, 9.17) is 5.73 Å². The number of nitrogens with two attached hydrogens (primary N) is 1. The van der Waals surface area contributed by atoms with Gasteiger partial charge in [-0.2, -0.15) is 0 Å². The first-order chi connectivity index (χ1) is 18.1. The number of hydrogen-bond acceptors (Lipinski definition) is 5. The molecule has 0 bridgehead atoms. The third-order valence-corrected chi connectivity index (χ3v) is 6.72. The topological polar surface area (TPSA) is 115 Å². The van der Waals surface area contributed by atoms with Crippen LogP contribution >= 0.6 is 0 Å². The summed E-state index contributed by atoms with van der Waals surface area (Å²) < 4.78 is 30.2. The van der Waals surface area contributed by atoms with E-state index < -0.39 is 17.9 Å². The average Bonchev–Trinajstić information content (AvgIpc) is 3.17. The number of nitrogens with one attached hydrogen (secondary N) is 2. The normalized spacial score (nSPS) is 16.6. The SMILES string of the molecule is C=C(C)C(=O)Nc1ccc(-c2c(-c3ccc(C(=O)NC4CC(F)C4)c(F)c3)c3c(N)ncnc3n2C)cc1. The summed E-state index contributed by atoms with van der Waals surface area (Å²) in [6, 6.07) is 11.2. The Morgan fingerprint density at radius 1 is 1.11 bits per heavy atom. The molecule has 1 aliphatic carbocycles. The van der Waals surface area contributed by atoms with Crippen LogP contribution in [0.25, 0.3) is 33.4 Å². The fraction of sp³-hybridized carbons (Fsp3) is 0.214. The highest BCUT2D eigenvalue weighted by Gasteiger charge is 2.31. The van der Waals surface area contributed by atoms with E-state index in [1.54, 1.807) is 25.1 Å². The second-order valence-corrected chi connectivity index (χ2v) is 9.49. The number of nitrogens with zero attached hydrogens (tertiary/aromatic N) is 3. The minimum Gasteiger partial charge on any atom is -0.383 e. The molecule has 1 fully saturated rings. The highest BCUT2D eigenvalue weighted by atomic mass is 19.1. The Bertz CT molecular complexity index is 1590. The van der Waals surface area contributed by atoms with Gasteiger partial charge < -0.3 is 20.9 Å². The lowest BCUT2D eigenvalue weighted by Crippen LogP contribution is -2.45. The van der Waals surface area contributed by atoms with Crippen molar-refractivity contribution < 1.29 is 18.4 Å². The molecule has 0 unspecified atom stereocenters. The summed E-state index contributed by atoms with van der Waals surface area (Å²) in [5.74, 6) is -1.36. The number of rotatable bonds is 6. The molecule has 10 heteroatoms. The largest absolute Gasteiger partial charge is 0.383 e. The monoisotopic (exact) mass is 516 g/mol. The predicted molar refractivity (Wildman–Crippen MR) is 143 cm³/mol. The zero-order valence-electron chi connectivity index (χ0n) is 20.9.